The van der Waals surface area contributed by atoms with Gasteiger partial charge in [-0.3, -0.25) is 19.3 Å². The molecule has 5 heteroatoms. The van der Waals surface area contributed by atoms with E-state index in [1.807, 2.05) is 0 Å². The van der Waals surface area contributed by atoms with Gasteiger partial charge in [0.25, 0.3) is 11.8 Å². The molecule has 1 N–H and O–H groups in total. The third-order valence-electron chi connectivity index (χ3n) is 1.91. The van der Waals surface area contributed by atoms with Gasteiger partial charge in [0.1, 0.15) is 5.78 Å². The summed E-state index contributed by atoms with van der Waals surface area (Å²) in [4.78, 5) is 34.0. The minimum atomic E-state index is -0.383. The number of carbonyl (C=O) groups excluding carboxylic acids is 3. The summed E-state index contributed by atoms with van der Waals surface area (Å²) in [5, 5.41) is 8.45. The number of ketones is 1. The second kappa shape index (κ2) is 4.66. The molecule has 0 aliphatic carbocycles. The molecule has 0 saturated carbocycles. The zero-order chi connectivity index (χ0) is 10.6. The van der Waals surface area contributed by atoms with Crippen LogP contribution in [0.15, 0.2) is 12.2 Å². The van der Waals surface area contributed by atoms with Gasteiger partial charge >= 0.3 is 0 Å². The summed E-state index contributed by atoms with van der Waals surface area (Å²) in [6.07, 6.45) is 2.54. The summed E-state index contributed by atoms with van der Waals surface area (Å²) in [6, 6.07) is 0. The van der Waals surface area contributed by atoms with Crippen LogP contribution in [0.25, 0.3) is 0 Å². The molecule has 2 amide bonds. The molecule has 0 bridgehead atoms. The van der Waals surface area contributed by atoms with E-state index in [9.17, 15) is 14.4 Å². The van der Waals surface area contributed by atoms with Crippen LogP contribution >= 0.6 is 0 Å². The van der Waals surface area contributed by atoms with Gasteiger partial charge in [-0.2, -0.15) is 0 Å². The maximum atomic E-state index is 11.0. The molecule has 0 unspecified atom stereocenters. The first-order chi connectivity index (χ1) is 6.65. The number of carbonyl (C=O) groups is 3. The number of aliphatic hydroxyl groups is 1. The molecule has 0 aromatic carbocycles. The molecule has 0 aromatic heterocycles. The van der Waals surface area contributed by atoms with Crippen molar-refractivity contribution in [1.29, 1.82) is 0 Å². The van der Waals surface area contributed by atoms with Gasteiger partial charge in [0.2, 0.25) is 0 Å². The first-order valence-corrected chi connectivity index (χ1v) is 4.31. The van der Waals surface area contributed by atoms with Crippen LogP contribution < -0.4 is 0 Å². The van der Waals surface area contributed by atoms with E-state index in [0.717, 1.165) is 4.90 Å². The van der Waals surface area contributed by atoms with Crippen LogP contribution in [-0.2, 0) is 14.4 Å². The van der Waals surface area contributed by atoms with Gasteiger partial charge in [-0.15, -0.1) is 0 Å². The largest absolute Gasteiger partial charge is 0.396 e. The Labute approximate surface area is 81.0 Å². The molecule has 1 aliphatic heterocycles. The number of hydrogen-bond donors (Lipinski definition) is 1. The second-order valence-corrected chi connectivity index (χ2v) is 2.92. The molecule has 0 spiro atoms. The van der Waals surface area contributed by atoms with Crippen molar-refractivity contribution >= 4 is 17.6 Å². The number of amides is 2. The van der Waals surface area contributed by atoms with Crippen molar-refractivity contribution in [2.45, 2.75) is 12.8 Å². The minimum absolute atomic E-state index is 0.0731. The highest BCUT2D eigenvalue weighted by atomic mass is 16.3. The Bertz CT molecular complexity index is 277. The molecule has 0 saturated heterocycles. The Hall–Kier alpha value is -1.49. The molecule has 14 heavy (non-hydrogen) atoms. The van der Waals surface area contributed by atoms with Gasteiger partial charge in [0.05, 0.1) is 0 Å². The first kappa shape index (κ1) is 10.6. The van der Waals surface area contributed by atoms with E-state index in [1.54, 1.807) is 0 Å². The molecule has 0 aromatic rings. The summed E-state index contributed by atoms with van der Waals surface area (Å²) >= 11 is 0. The fourth-order valence-electron chi connectivity index (χ4n) is 1.14. The minimum Gasteiger partial charge on any atom is -0.396 e. The fourth-order valence-corrected chi connectivity index (χ4v) is 1.14. The number of hydrogen-bond acceptors (Lipinski definition) is 4. The standard InChI is InChI=1S/C9H11NO4/c11-6-4-7(12)3-5-10-8(13)1-2-9(10)14/h1-2,11H,3-6H2. The van der Waals surface area contributed by atoms with Crippen LogP contribution in [0.5, 0.6) is 0 Å². The van der Waals surface area contributed by atoms with Gasteiger partial charge in [0, 0.05) is 38.1 Å². The summed E-state index contributed by atoms with van der Waals surface area (Å²) < 4.78 is 0. The van der Waals surface area contributed by atoms with E-state index in [4.69, 9.17) is 5.11 Å². The molecular weight excluding hydrogens is 186 g/mol. The van der Waals surface area contributed by atoms with Crippen LogP contribution in [0, 0.1) is 0 Å². The van der Waals surface area contributed by atoms with Gasteiger partial charge in [0.15, 0.2) is 0 Å². The molecule has 5 nitrogen and oxygen atoms in total. The lowest BCUT2D eigenvalue weighted by Crippen LogP contribution is -2.32. The van der Waals surface area contributed by atoms with Crippen LogP contribution in [0.3, 0.4) is 0 Å². The molecule has 0 atom stereocenters. The average Bonchev–Trinajstić information content (AvgIpc) is 2.44. The van der Waals surface area contributed by atoms with E-state index in [0.29, 0.717) is 0 Å². The van der Waals surface area contributed by atoms with Crippen molar-refractivity contribution in [1.82, 2.24) is 4.90 Å². The summed E-state index contributed by atoms with van der Waals surface area (Å²) in [7, 11) is 0. The fraction of sp³-hybridized carbons (Fsp3) is 0.444. The maximum absolute atomic E-state index is 11.0. The van der Waals surface area contributed by atoms with Crippen LogP contribution in [0.2, 0.25) is 0 Å². The molecule has 0 radical (unpaired) electrons. The van der Waals surface area contributed by atoms with Crippen molar-refractivity contribution in [2.75, 3.05) is 13.2 Å². The predicted molar refractivity (Wildman–Crippen MR) is 47.2 cm³/mol. The summed E-state index contributed by atoms with van der Waals surface area (Å²) in [6.45, 7) is -0.0948. The zero-order valence-corrected chi connectivity index (χ0v) is 7.60. The van der Waals surface area contributed by atoms with Crippen LogP contribution in [0.1, 0.15) is 12.8 Å². The van der Waals surface area contributed by atoms with Gasteiger partial charge in [-0.25, -0.2) is 0 Å². The third-order valence-corrected chi connectivity index (χ3v) is 1.91. The van der Waals surface area contributed by atoms with Crippen molar-refractivity contribution in [3.05, 3.63) is 12.2 Å². The highest BCUT2D eigenvalue weighted by molar-refractivity contribution is 6.13. The van der Waals surface area contributed by atoms with Crippen LogP contribution in [0.4, 0.5) is 0 Å². The lowest BCUT2D eigenvalue weighted by Gasteiger charge is -2.12. The lowest BCUT2D eigenvalue weighted by molar-refractivity contribution is -0.137. The quantitative estimate of drug-likeness (QED) is 0.588. The maximum Gasteiger partial charge on any atom is 0.253 e. The third kappa shape index (κ3) is 2.50. The highest BCUT2D eigenvalue weighted by Crippen LogP contribution is 2.04. The molecule has 1 heterocycles. The molecule has 1 aliphatic rings. The Morgan fingerprint density at radius 1 is 1.21 bits per heavy atom. The van der Waals surface area contributed by atoms with E-state index in [1.165, 1.54) is 12.2 Å². The Morgan fingerprint density at radius 2 is 1.79 bits per heavy atom. The molecule has 76 valence electrons. The summed E-state index contributed by atoms with van der Waals surface area (Å²) in [5.74, 6) is -0.918. The first-order valence-electron chi connectivity index (χ1n) is 4.31. The normalized spacial score (nSPS) is 15.4. The average molecular weight is 197 g/mol. The van der Waals surface area contributed by atoms with Gasteiger partial charge < -0.3 is 5.11 Å². The van der Waals surface area contributed by atoms with Crippen molar-refractivity contribution in [2.24, 2.45) is 0 Å². The van der Waals surface area contributed by atoms with E-state index in [2.05, 4.69) is 0 Å². The lowest BCUT2D eigenvalue weighted by atomic mass is 10.2. The van der Waals surface area contributed by atoms with Crippen LogP contribution in [-0.4, -0.2) is 40.8 Å². The zero-order valence-electron chi connectivity index (χ0n) is 7.60. The van der Waals surface area contributed by atoms with Crippen molar-refractivity contribution in [3.8, 4) is 0 Å². The van der Waals surface area contributed by atoms with E-state index in [-0.39, 0.29) is 43.6 Å². The number of rotatable bonds is 5. The number of nitrogens with zero attached hydrogens (tertiary/aromatic N) is 1. The number of aliphatic hydroxyl groups excluding tert-OH is 1. The van der Waals surface area contributed by atoms with Crippen molar-refractivity contribution < 1.29 is 19.5 Å². The Balaban J connectivity index is 2.35. The number of imide groups is 1. The van der Waals surface area contributed by atoms with Gasteiger partial charge in [-0.05, 0) is 0 Å². The summed E-state index contributed by atoms with van der Waals surface area (Å²) in [5.41, 5.74) is 0. The smallest absolute Gasteiger partial charge is 0.253 e. The Morgan fingerprint density at radius 3 is 2.29 bits per heavy atom. The van der Waals surface area contributed by atoms with E-state index < -0.39 is 0 Å². The Kier molecular flexibility index (Phi) is 3.53. The second-order valence-electron chi connectivity index (χ2n) is 2.92. The molecule has 1 rings (SSSR count). The topological polar surface area (TPSA) is 74.7 Å². The van der Waals surface area contributed by atoms with E-state index >= 15 is 0 Å². The highest BCUT2D eigenvalue weighted by Gasteiger charge is 2.23. The van der Waals surface area contributed by atoms with Gasteiger partial charge in [-0.1, -0.05) is 0 Å². The monoisotopic (exact) mass is 197 g/mol. The molecule has 0 fully saturated rings. The SMILES string of the molecule is O=C(CCO)CCN1C(=O)C=CC1=O. The predicted octanol–water partition coefficient (Wildman–Crippen LogP) is -0.747. The van der Waals surface area contributed by atoms with Crippen molar-refractivity contribution in [3.63, 3.8) is 0 Å². The number of Topliss-reactive ketones (excluding diaryl/α,β-unsaturated/α-hetero) is 1. The molecular formula is C9H11NO4.